The lowest BCUT2D eigenvalue weighted by Gasteiger charge is -2.03. The summed E-state index contributed by atoms with van der Waals surface area (Å²) in [5.41, 5.74) is 6.65. The van der Waals surface area contributed by atoms with E-state index in [0.717, 1.165) is 16.8 Å². The van der Waals surface area contributed by atoms with Crippen molar-refractivity contribution in [3.05, 3.63) is 96.2 Å². The van der Waals surface area contributed by atoms with Crippen molar-refractivity contribution in [1.82, 2.24) is 4.57 Å². The van der Waals surface area contributed by atoms with Crippen LogP contribution in [0, 0.1) is 0 Å². The Hall–Kier alpha value is -3.46. The summed E-state index contributed by atoms with van der Waals surface area (Å²) in [5, 5.41) is 9.88. The number of hydrogen-bond donors (Lipinski definition) is 0. The van der Waals surface area contributed by atoms with E-state index in [9.17, 15) is 0 Å². The van der Waals surface area contributed by atoms with Gasteiger partial charge in [0.15, 0.2) is 0 Å². The second-order valence-corrected chi connectivity index (χ2v) is 6.59. The number of rotatable bonds is 4. The molecule has 1 heterocycles. The van der Waals surface area contributed by atoms with Crippen molar-refractivity contribution in [1.29, 1.82) is 0 Å². The fourth-order valence-electron chi connectivity index (χ4n) is 3.25. The minimum atomic E-state index is 0.895. The first-order valence-electron chi connectivity index (χ1n) is 9.00. The summed E-state index contributed by atoms with van der Waals surface area (Å²) >= 11 is 0. The summed E-state index contributed by atoms with van der Waals surface area (Å²) in [6.07, 6.45) is 3.90. The third-order valence-electron chi connectivity index (χ3n) is 4.74. The van der Waals surface area contributed by atoms with Crippen LogP contribution in [-0.2, 0) is 7.05 Å². The van der Waals surface area contributed by atoms with E-state index in [0.29, 0.717) is 0 Å². The first-order chi connectivity index (χ1) is 13.2. The van der Waals surface area contributed by atoms with E-state index in [1.54, 1.807) is 0 Å². The number of fused-ring (bicyclic) bond motifs is 1. The summed E-state index contributed by atoms with van der Waals surface area (Å²) in [5.74, 6) is 0. The van der Waals surface area contributed by atoms with E-state index < -0.39 is 0 Å². The van der Waals surface area contributed by atoms with Gasteiger partial charge in [-0.15, -0.1) is 0 Å². The summed E-state index contributed by atoms with van der Waals surface area (Å²) in [6, 6.07) is 27.1. The zero-order chi connectivity index (χ0) is 18.6. The van der Waals surface area contributed by atoms with Gasteiger partial charge in [0.25, 0.3) is 0 Å². The first-order valence-corrected chi connectivity index (χ1v) is 9.00. The topological polar surface area (TPSA) is 29.6 Å². The Morgan fingerprint density at radius 1 is 0.815 bits per heavy atom. The number of benzene rings is 3. The summed E-state index contributed by atoms with van der Waals surface area (Å²) in [7, 11) is 2.04. The van der Waals surface area contributed by atoms with E-state index in [1.807, 2.05) is 38.4 Å². The highest BCUT2D eigenvalue weighted by Crippen LogP contribution is 2.20. The van der Waals surface area contributed by atoms with Crippen LogP contribution < -0.4 is 0 Å². The van der Waals surface area contributed by atoms with Crippen LogP contribution in [0.25, 0.3) is 22.0 Å². The van der Waals surface area contributed by atoms with Gasteiger partial charge in [-0.05, 0) is 29.7 Å². The number of hydrogen-bond acceptors (Lipinski definition) is 2. The Bertz CT molecular complexity index is 1120. The van der Waals surface area contributed by atoms with Gasteiger partial charge in [0.2, 0.25) is 0 Å². The molecule has 0 aliphatic rings. The van der Waals surface area contributed by atoms with E-state index in [-0.39, 0.29) is 0 Å². The molecule has 1 aromatic heterocycles. The Morgan fingerprint density at radius 3 is 2.26 bits per heavy atom. The predicted molar refractivity (Wildman–Crippen MR) is 115 cm³/mol. The molecule has 0 aliphatic heterocycles. The molecule has 3 heteroatoms. The molecule has 0 saturated carbocycles. The maximum absolute atomic E-state index is 4.39. The van der Waals surface area contributed by atoms with Crippen molar-refractivity contribution in [3.63, 3.8) is 0 Å². The molecule has 0 fully saturated rings. The summed E-state index contributed by atoms with van der Waals surface area (Å²) < 4.78 is 2.11. The van der Waals surface area contributed by atoms with Gasteiger partial charge in [0.05, 0.1) is 11.9 Å². The normalized spacial score (nSPS) is 12.1. The average molecular weight is 351 g/mol. The van der Waals surface area contributed by atoms with Crippen LogP contribution in [0.2, 0.25) is 0 Å². The van der Waals surface area contributed by atoms with Crippen LogP contribution >= 0.6 is 0 Å². The quantitative estimate of drug-likeness (QED) is 0.334. The monoisotopic (exact) mass is 351 g/mol. The van der Waals surface area contributed by atoms with Gasteiger partial charge < -0.3 is 4.57 Å². The molecule has 0 aliphatic carbocycles. The lowest BCUT2D eigenvalue weighted by molar-refractivity contribution is 0.968. The van der Waals surface area contributed by atoms with Crippen molar-refractivity contribution in [2.45, 2.75) is 6.92 Å². The highest BCUT2D eigenvalue weighted by molar-refractivity contribution is 6.01. The summed E-state index contributed by atoms with van der Waals surface area (Å²) in [4.78, 5) is 0. The van der Waals surface area contributed by atoms with Gasteiger partial charge in [-0.2, -0.15) is 10.2 Å². The van der Waals surface area contributed by atoms with Crippen LogP contribution in [0.15, 0.2) is 95.3 Å². The minimum Gasteiger partial charge on any atom is -0.350 e. The van der Waals surface area contributed by atoms with Gasteiger partial charge >= 0.3 is 0 Å². The highest BCUT2D eigenvalue weighted by atomic mass is 15.2. The molecular formula is C24H21N3. The zero-order valence-electron chi connectivity index (χ0n) is 15.5. The largest absolute Gasteiger partial charge is 0.350 e. The van der Waals surface area contributed by atoms with Crippen LogP contribution in [0.4, 0.5) is 0 Å². The molecule has 0 radical (unpaired) electrons. The second-order valence-electron chi connectivity index (χ2n) is 6.59. The molecule has 0 N–H and O–H groups in total. The molecule has 4 aromatic rings. The third-order valence-corrected chi connectivity index (χ3v) is 4.74. The van der Waals surface area contributed by atoms with E-state index in [1.165, 1.54) is 22.0 Å². The predicted octanol–water partition coefficient (Wildman–Crippen LogP) is 5.69. The Morgan fingerprint density at radius 2 is 1.48 bits per heavy atom. The van der Waals surface area contributed by atoms with Gasteiger partial charge in [-0.3, -0.25) is 0 Å². The maximum Gasteiger partial charge on any atom is 0.0671 e. The first kappa shape index (κ1) is 17.0. The van der Waals surface area contributed by atoms with Gasteiger partial charge in [0, 0.05) is 29.7 Å². The number of nitrogens with zero attached hydrogens (tertiary/aromatic N) is 3. The minimum absolute atomic E-state index is 0.895. The molecule has 0 unspecified atom stereocenters. The van der Waals surface area contributed by atoms with Crippen LogP contribution in [-0.4, -0.2) is 16.5 Å². The standard InChI is InChI=1S/C24H21N3/c1-18(19-12-14-21(15-13-19)20-8-4-3-5-9-20)26-25-16-22-17-27(2)24-11-7-6-10-23(22)24/h3-17H,1-2H3/b25-16+,26-18+. The van der Waals surface area contributed by atoms with E-state index in [4.69, 9.17) is 0 Å². The fraction of sp³-hybridized carbons (Fsp3) is 0.0833. The Labute approximate surface area is 159 Å². The molecular weight excluding hydrogens is 330 g/mol. The summed E-state index contributed by atoms with van der Waals surface area (Å²) in [6.45, 7) is 1.98. The molecule has 132 valence electrons. The number of para-hydroxylation sites is 1. The molecule has 27 heavy (non-hydrogen) atoms. The van der Waals surface area contributed by atoms with E-state index in [2.05, 4.69) is 81.6 Å². The third kappa shape index (κ3) is 3.58. The van der Waals surface area contributed by atoms with Gasteiger partial charge in [-0.25, -0.2) is 0 Å². The molecule has 0 amide bonds. The molecule has 0 spiro atoms. The van der Waals surface area contributed by atoms with E-state index >= 15 is 0 Å². The fourth-order valence-corrected chi connectivity index (χ4v) is 3.25. The molecule has 0 bridgehead atoms. The molecule has 3 nitrogen and oxygen atoms in total. The molecule has 4 rings (SSSR count). The van der Waals surface area contributed by atoms with Gasteiger partial charge in [0.1, 0.15) is 0 Å². The maximum atomic E-state index is 4.39. The van der Waals surface area contributed by atoms with Crippen molar-refractivity contribution in [3.8, 4) is 11.1 Å². The number of aryl methyl sites for hydroxylation is 1. The molecule has 0 saturated heterocycles. The Balaban J connectivity index is 1.54. The van der Waals surface area contributed by atoms with Crippen LogP contribution in [0.5, 0.6) is 0 Å². The van der Waals surface area contributed by atoms with Crippen molar-refractivity contribution in [2.75, 3.05) is 0 Å². The highest BCUT2D eigenvalue weighted by Gasteiger charge is 2.03. The lowest BCUT2D eigenvalue weighted by atomic mass is 10.0. The van der Waals surface area contributed by atoms with Crippen molar-refractivity contribution in [2.24, 2.45) is 17.3 Å². The van der Waals surface area contributed by atoms with Crippen LogP contribution in [0.3, 0.4) is 0 Å². The SMILES string of the molecule is C/C(=N\N=C\c1cn(C)c2ccccc12)c1ccc(-c2ccccc2)cc1. The average Bonchev–Trinajstić information content (AvgIpc) is 3.05. The molecule has 0 atom stereocenters. The van der Waals surface area contributed by atoms with Crippen LogP contribution in [0.1, 0.15) is 18.1 Å². The van der Waals surface area contributed by atoms with Crippen molar-refractivity contribution < 1.29 is 0 Å². The zero-order valence-corrected chi connectivity index (χ0v) is 15.5. The molecule has 3 aromatic carbocycles. The Kier molecular flexibility index (Phi) is 4.67. The number of aromatic nitrogens is 1. The lowest BCUT2D eigenvalue weighted by Crippen LogP contribution is -1.93. The smallest absolute Gasteiger partial charge is 0.0671 e. The second kappa shape index (κ2) is 7.42. The van der Waals surface area contributed by atoms with Gasteiger partial charge in [-0.1, -0.05) is 72.8 Å². The van der Waals surface area contributed by atoms with Crippen molar-refractivity contribution >= 4 is 22.8 Å².